The molecule has 0 spiro atoms. The SMILES string of the molecule is CCOCCOc1cc(C)ccc1CNC(=NC)NCC(C)(C)N1CCOCC1. The van der Waals surface area contributed by atoms with E-state index in [9.17, 15) is 0 Å². The molecule has 0 aromatic heterocycles. The fourth-order valence-electron chi connectivity index (χ4n) is 3.28. The van der Waals surface area contributed by atoms with Crippen LogP contribution in [0, 0.1) is 6.92 Å². The van der Waals surface area contributed by atoms with Crippen LogP contribution in [0.25, 0.3) is 0 Å². The Kier molecular flexibility index (Phi) is 9.70. The Morgan fingerprint density at radius 1 is 1.21 bits per heavy atom. The number of hydrogen-bond acceptors (Lipinski definition) is 5. The third-order valence-corrected chi connectivity index (χ3v) is 5.14. The average Bonchev–Trinajstić information content (AvgIpc) is 2.73. The molecule has 2 N–H and O–H groups in total. The zero-order chi connectivity index (χ0) is 21.1. The number of aryl methyl sites for hydroxylation is 1. The maximum atomic E-state index is 5.94. The lowest BCUT2D eigenvalue weighted by Crippen LogP contribution is -2.56. The van der Waals surface area contributed by atoms with E-state index in [0.29, 0.717) is 26.4 Å². The van der Waals surface area contributed by atoms with Gasteiger partial charge in [0, 0.05) is 50.9 Å². The summed E-state index contributed by atoms with van der Waals surface area (Å²) in [5.74, 6) is 1.67. The van der Waals surface area contributed by atoms with Crippen molar-refractivity contribution in [1.82, 2.24) is 15.5 Å². The summed E-state index contributed by atoms with van der Waals surface area (Å²) in [6.07, 6.45) is 0. The van der Waals surface area contributed by atoms with E-state index in [4.69, 9.17) is 14.2 Å². The van der Waals surface area contributed by atoms with E-state index in [1.54, 1.807) is 7.05 Å². The van der Waals surface area contributed by atoms with Gasteiger partial charge in [0.05, 0.1) is 19.8 Å². The quantitative estimate of drug-likeness (QED) is 0.353. The van der Waals surface area contributed by atoms with E-state index in [0.717, 1.165) is 50.1 Å². The molecule has 29 heavy (non-hydrogen) atoms. The third-order valence-electron chi connectivity index (χ3n) is 5.14. The summed E-state index contributed by atoms with van der Waals surface area (Å²) >= 11 is 0. The lowest BCUT2D eigenvalue weighted by Gasteiger charge is -2.41. The molecule has 0 radical (unpaired) electrons. The van der Waals surface area contributed by atoms with Gasteiger partial charge in [-0.2, -0.15) is 0 Å². The van der Waals surface area contributed by atoms with E-state index < -0.39 is 0 Å². The highest BCUT2D eigenvalue weighted by Gasteiger charge is 2.28. The van der Waals surface area contributed by atoms with Crippen LogP contribution < -0.4 is 15.4 Å². The minimum absolute atomic E-state index is 0.0266. The van der Waals surface area contributed by atoms with E-state index >= 15 is 0 Å². The first-order chi connectivity index (χ1) is 14.0. The number of rotatable bonds is 10. The number of guanidine groups is 1. The molecule has 7 heteroatoms. The Morgan fingerprint density at radius 3 is 2.66 bits per heavy atom. The van der Waals surface area contributed by atoms with Crippen molar-refractivity contribution in [1.29, 1.82) is 0 Å². The maximum absolute atomic E-state index is 5.94. The lowest BCUT2D eigenvalue weighted by molar-refractivity contribution is -0.00834. The molecule has 1 heterocycles. The summed E-state index contributed by atoms with van der Waals surface area (Å²) in [6, 6.07) is 6.27. The second-order valence-electron chi connectivity index (χ2n) is 7.85. The van der Waals surface area contributed by atoms with Crippen LogP contribution in [0.15, 0.2) is 23.2 Å². The number of hydrogen-bond donors (Lipinski definition) is 2. The van der Waals surface area contributed by atoms with Gasteiger partial charge in [0.15, 0.2) is 5.96 Å². The van der Waals surface area contributed by atoms with Crippen molar-refractivity contribution in [3.63, 3.8) is 0 Å². The average molecular weight is 407 g/mol. The number of nitrogens with one attached hydrogen (secondary N) is 2. The predicted octanol–water partition coefficient (Wildman–Crippen LogP) is 2.19. The fraction of sp³-hybridized carbons (Fsp3) is 0.682. The summed E-state index contributed by atoms with van der Waals surface area (Å²) in [6.45, 7) is 15.4. The van der Waals surface area contributed by atoms with Gasteiger partial charge in [-0.3, -0.25) is 9.89 Å². The van der Waals surface area contributed by atoms with Gasteiger partial charge in [-0.15, -0.1) is 0 Å². The summed E-state index contributed by atoms with van der Waals surface area (Å²) in [5.41, 5.74) is 2.30. The second kappa shape index (κ2) is 12.0. The van der Waals surface area contributed by atoms with Crippen molar-refractivity contribution >= 4 is 5.96 Å². The summed E-state index contributed by atoms with van der Waals surface area (Å²) < 4.78 is 16.8. The van der Waals surface area contributed by atoms with Gasteiger partial charge in [0.1, 0.15) is 12.4 Å². The van der Waals surface area contributed by atoms with E-state index in [2.05, 4.69) is 59.5 Å². The monoisotopic (exact) mass is 406 g/mol. The Labute approximate surface area is 175 Å². The van der Waals surface area contributed by atoms with Gasteiger partial charge in [0.2, 0.25) is 0 Å². The highest BCUT2D eigenvalue weighted by molar-refractivity contribution is 5.79. The van der Waals surface area contributed by atoms with Crippen LogP contribution in [0.2, 0.25) is 0 Å². The maximum Gasteiger partial charge on any atom is 0.191 e. The molecule has 1 aromatic rings. The number of morpholine rings is 1. The standard InChI is InChI=1S/C22H38N4O3/c1-6-27-13-14-29-20-15-18(2)7-8-19(20)16-24-21(23-5)25-17-22(3,4)26-9-11-28-12-10-26/h7-8,15H,6,9-14,16-17H2,1-5H3,(H2,23,24,25). The van der Waals surface area contributed by atoms with Crippen molar-refractivity contribution in [3.8, 4) is 5.75 Å². The van der Waals surface area contributed by atoms with Gasteiger partial charge in [0.25, 0.3) is 0 Å². The number of benzene rings is 1. The van der Waals surface area contributed by atoms with Gasteiger partial charge in [-0.05, 0) is 39.3 Å². The minimum atomic E-state index is 0.0266. The van der Waals surface area contributed by atoms with Gasteiger partial charge >= 0.3 is 0 Å². The van der Waals surface area contributed by atoms with Crippen molar-refractivity contribution < 1.29 is 14.2 Å². The molecule has 1 aliphatic rings. The molecule has 2 rings (SSSR count). The van der Waals surface area contributed by atoms with Crippen LogP contribution in [-0.2, 0) is 16.0 Å². The van der Waals surface area contributed by atoms with Crippen LogP contribution in [0.4, 0.5) is 0 Å². The van der Waals surface area contributed by atoms with Crippen LogP contribution in [0.5, 0.6) is 5.75 Å². The smallest absolute Gasteiger partial charge is 0.191 e. The largest absolute Gasteiger partial charge is 0.491 e. The van der Waals surface area contributed by atoms with Crippen LogP contribution in [-0.4, -0.2) is 76.1 Å². The molecule has 0 atom stereocenters. The second-order valence-corrected chi connectivity index (χ2v) is 7.85. The van der Waals surface area contributed by atoms with Gasteiger partial charge in [-0.25, -0.2) is 0 Å². The molecule has 164 valence electrons. The number of ether oxygens (including phenoxy) is 3. The minimum Gasteiger partial charge on any atom is -0.491 e. The predicted molar refractivity (Wildman–Crippen MR) is 118 cm³/mol. The Hall–Kier alpha value is -1.83. The van der Waals surface area contributed by atoms with E-state index in [1.807, 2.05) is 6.92 Å². The van der Waals surface area contributed by atoms with E-state index in [-0.39, 0.29) is 5.54 Å². The van der Waals surface area contributed by atoms with Crippen molar-refractivity contribution in [3.05, 3.63) is 29.3 Å². The number of aliphatic imine (C=N–C) groups is 1. The molecule has 1 saturated heterocycles. The molecule has 7 nitrogen and oxygen atoms in total. The normalized spacial score (nSPS) is 16.0. The first-order valence-corrected chi connectivity index (χ1v) is 10.5. The molecular formula is C22H38N4O3. The molecule has 0 unspecified atom stereocenters. The van der Waals surface area contributed by atoms with Crippen LogP contribution in [0.3, 0.4) is 0 Å². The summed E-state index contributed by atoms with van der Waals surface area (Å²) in [4.78, 5) is 6.83. The van der Waals surface area contributed by atoms with Crippen molar-refractivity contribution in [2.45, 2.75) is 39.8 Å². The molecule has 1 aliphatic heterocycles. The van der Waals surface area contributed by atoms with Crippen molar-refractivity contribution in [2.75, 3.05) is 59.7 Å². The number of nitrogens with zero attached hydrogens (tertiary/aromatic N) is 2. The first kappa shape index (κ1) is 23.4. The molecule has 1 fully saturated rings. The van der Waals surface area contributed by atoms with E-state index in [1.165, 1.54) is 5.56 Å². The Morgan fingerprint density at radius 2 is 1.97 bits per heavy atom. The van der Waals surface area contributed by atoms with Gasteiger partial charge < -0.3 is 24.8 Å². The summed E-state index contributed by atoms with van der Waals surface area (Å²) in [5, 5.41) is 6.87. The molecular weight excluding hydrogens is 368 g/mol. The van der Waals surface area contributed by atoms with Crippen LogP contribution >= 0.6 is 0 Å². The summed E-state index contributed by atoms with van der Waals surface area (Å²) in [7, 11) is 1.80. The highest BCUT2D eigenvalue weighted by atomic mass is 16.5. The Balaban J connectivity index is 1.88. The third kappa shape index (κ3) is 7.84. The lowest BCUT2D eigenvalue weighted by atomic mass is 10.0. The van der Waals surface area contributed by atoms with Gasteiger partial charge in [-0.1, -0.05) is 12.1 Å². The zero-order valence-corrected chi connectivity index (χ0v) is 18.7. The Bertz CT molecular complexity index is 643. The van der Waals surface area contributed by atoms with Crippen molar-refractivity contribution in [2.24, 2.45) is 4.99 Å². The topological polar surface area (TPSA) is 67.4 Å². The zero-order valence-electron chi connectivity index (χ0n) is 18.7. The van der Waals surface area contributed by atoms with Crippen LogP contribution in [0.1, 0.15) is 31.9 Å². The first-order valence-electron chi connectivity index (χ1n) is 10.5. The molecule has 0 aliphatic carbocycles. The molecule has 0 bridgehead atoms. The fourth-order valence-corrected chi connectivity index (χ4v) is 3.28. The molecule has 0 saturated carbocycles. The highest BCUT2D eigenvalue weighted by Crippen LogP contribution is 2.20. The molecule has 0 amide bonds. The molecule has 1 aromatic carbocycles.